The maximum absolute atomic E-state index is 11.8. The Morgan fingerprint density at radius 3 is 2.60 bits per heavy atom. The fourth-order valence-electron chi connectivity index (χ4n) is 1.42. The van der Waals surface area contributed by atoms with Crippen LogP contribution in [0.1, 0.15) is 15.2 Å². The minimum Gasteiger partial charge on any atom is -0.268 e. The highest BCUT2D eigenvalue weighted by Crippen LogP contribution is 2.14. The van der Waals surface area contributed by atoms with Crippen LogP contribution in [0.2, 0.25) is 5.02 Å². The number of benzene rings is 1. The number of nitrogens with one attached hydrogen (secondary N) is 2. The molecular weight excluding hydrogens is 296 g/mol. The Morgan fingerprint density at radius 1 is 1.10 bits per heavy atom. The molecule has 2 amide bonds. The van der Waals surface area contributed by atoms with E-state index in [1.807, 2.05) is 17.5 Å². The number of hydrogen-bond donors (Lipinski definition) is 2. The van der Waals surface area contributed by atoms with Gasteiger partial charge in [-0.2, -0.15) is 0 Å². The van der Waals surface area contributed by atoms with Crippen molar-refractivity contribution in [2.45, 2.75) is 0 Å². The summed E-state index contributed by atoms with van der Waals surface area (Å²) in [5.41, 5.74) is 4.89. The first-order valence-electron chi connectivity index (χ1n) is 5.73. The van der Waals surface area contributed by atoms with E-state index in [4.69, 9.17) is 11.6 Å². The summed E-state index contributed by atoms with van der Waals surface area (Å²) in [5.74, 6) is -0.882. The highest BCUT2D eigenvalue weighted by molar-refractivity contribution is 7.10. The number of carbonyl (C=O) groups is 2. The van der Waals surface area contributed by atoms with E-state index in [1.165, 1.54) is 17.4 Å². The van der Waals surface area contributed by atoms with Crippen LogP contribution in [0.15, 0.2) is 47.9 Å². The van der Waals surface area contributed by atoms with Gasteiger partial charge in [0.1, 0.15) is 0 Å². The van der Waals surface area contributed by atoms with Crippen molar-refractivity contribution in [1.29, 1.82) is 0 Å². The zero-order valence-electron chi connectivity index (χ0n) is 10.3. The average molecular weight is 307 g/mol. The summed E-state index contributed by atoms with van der Waals surface area (Å²) in [7, 11) is 0. The van der Waals surface area contributed by atoms with Crippen LogP contribution in [0.3, 0.4) is 0 Å². The number of halogens is 1. The molecule has 0 aliphatic carbocycles. The smallest absolute Gasteiger partial charge is 0.268 e. The third kappa shape index (κ3) is 3.94. The minimum atomic E-state index is -0.464. The molecule has 0 unspecified atom stereocenters. The summed E-state index contributed by atoms with van der Waals surface area (Å²) >= 11 is 7.39. The van der Waals surface area contributed by atoms with E-state index in [2.05, 4.69) is 10.9 Å². The van der Waals surface area contributed by atoms with Gasteiger partial charge in [0, 0.05) is 11.0 Å². The number of hydrogen-bond acceptors (Lipinski definition) is 3. The lowest BCUT2D eigenvalue weighted by Gasteiger charge is -2.06. The third-order valence-corrected chi connectivity index (χ3v) is 3.53. The summed E-state index contributed by atoms with van der Waals surface area (Å²) in [6.45, 7) is 0. The van der Waals surface area contributed by atoms with Crippen molar-refractivity contribution in [3.63, 3.8) is 0 Å². The maximum Gasteiger partial charge on any atom is 0.271 e. The van der Waals surface area contributed by atoms with Gasteiger partial charge in [0.05, 0.1) is 10.6 Å². The van der Waals surface area contributed by atoms with Gasteiger partial charge < -0.3 is 0 Å². The first-order chi connectivity index (χ1) is 9.66. The number of thiophene rings is 1. The van der Waals surface area contributed by atoms with E-state index in [-0.39, 0.29) is 0 Å². The van der Waals surface area contributed by atoms with Crippen LogP contribution in [0, 0.1) is 0 Å². The molecule has 0 saturated carbocycles. The van der Waals surface area contributed by atoms with Crippen molar-refractivity contribution in [3.8, 4) is 0 Å². The van der Waals surface area contributed by atoms with Crippen LogP contribution in [0.25, 0.3) is 6.08 Å². The lowest BCUT2D eigenvalue weighted by molar-refractivity contribution is -0.117. The molecule has 2 aromatic rings. The molecule has 1 aromatic heterocycles. The van der Waals surface area contributed by atoms with E-state index in [9.17, 15) is 9.59 Å². The first kappa shape index (κ1) is 14.3. The lowest BCUT2D eigenvalue weighted by atomic mass is 10.2. The van der Waals surface area contributed by atoms with Gasteiger partial charge in [-0.3, -0.25) is 20.4 Å². The Morgan fingerprint density at radius 2 is 1.90 bits per heavy atom. The molecule has 1 heterocycles. The Kier molecular flexibility index (Phi) is 4.92. The second-order valence-electron chi connectivity index (χ2n) is 3.77. The predicted molar refractivity (Wildman–Crippen MR) is 80.4 cm³/mol. The van der Waals surface area contributed by atoms with Crippen LogP contribution in [-0.4, -0.2) is 11.8 Å². The molecule has 0 radical (unpaired) electrons. The molecule has 0 fully saturated rings. The second kappa shape index (κ2) is 6.88. The molecule has 102 valence electrons. The fraction of sp³-hybridized carbons (Fsp3) is 0. The quantitative estimate of drug-likeness (QED) is 0.676. The topological polar surface area (TPSA) is 58.2 Å². The van der Waals surface area contributed by atoms with E-state index in [1.54, 1.807) is 30.3 Å². The van der Waals surface area contributed by atoms with Gasteiger partial charge in [-0.05, 0) is 29.7 Å². The maximum atomic E-state index is 11.8. The molecule has 0 aliphatic rings. The number of rotatable bonds is 3. The number of carbonyl (C=O) groups excluding carboxylic acids is 2. The average Bonchev–Trinajstić information content (AvgIpc) is 2.96. The van der Waals surface area contributed by atoms with E-state index in [0.717, 1.165) is 4.88 Å². The molecule has 20 heavy (non-hydrogen) atoms. The third-order valence-electron chi connectivity index (χ3n) is 2.36. The highest BCUT2D eigenvalue weighted by Gasteiger charge is 2.09. The second-order valence-corrected chi connectivity index (χ2v) is 5.16. The Bertz CT molecular complexity index is 638. The standard InChI is InChI=1S/C14H11ClN2O2S/c15-12-6-2-1-5-11(12)14(19)17-16-13(18)8-7-10-4-3-9-20-10/h1-9H,(H,16,18)(H,17,19)/b8-7+. The van der Waals surface area contributed by atoms with Crippen molar-refractivity contribution in [2.75, 3.05) is 0 Å². The summed E-state index contributed by atoms with van der Waals surface area (Å²) in [5, 5.41) is 2.24. The Hall–Kier alpha value is -2.11. The van der Waals surface area contributed by atoms with Gasteiger partial charge in [-0.1, -0.05) is 29.8 Å². The number of hydrazine groups is 1. The molecular formula is C14H11ClN2O2S. The zero-order valence-corrected chi connectivity index (χ0v) is 11.9. The molecule has 0 aliphatic heterocycles. The summed E-state index contributed by atoms with van der Waals surface area (Å²) in [6.07, 6.45) is 3.01. The number of amides is 2. The minimum absolute atomic E-state index is 0.303. The molecule has 6 heteroatoms. The first-order valence-corrected chi connectivity index (χ1v) is 6.99. The van der Waals surface area contributed by atoms with Crippen LogP contribution in [-0.2, 0) is 4.79 Å². The molecule has 0 atom stereocenters. The van der Waals surface area contributed by atoms with Crippen LogP contribution in [0.4, 0.5) is 0 Å². The predicted octanol–water partition coefficient (Wildman–Crippen LogP) is 2.88. The van der Waals surface area contributed by atoms with Crippen molar-refractivity contribution >= 4 is 40.8 Å². The molecule has 0 bridgehead atoms. The SMILES string of the molecule is O=C(/C=C/c1cccs1)NNC(=O)c1ccccc1Cl. The lowest BCUT2D eigenvalue weighted by Crippen LogP contribution is -2.40. The molecule has 4 nitrogen and oxygen atoms in total. The molecule has 2 rings (SSSR count). The fourth-order valence-corrected chi connectivity index (χ4v) is 2.26. The van der Waals surface area contributed by atoms with Crippen molar-refractivity contribution in [2.24, 2.45) is 0 Å². The van der Waals surface area contributed by atoms with Gasteiger partial charge in [0.2, 0.25) is 0 Å². The molecule has 1 aromatic carbocycles. The van der Waals surface area contributed by atoms with Crippen molar-refractivity contribution in [1.82, 2.24) is 10.9 Å². The largest absolute Gasteiger partial charge is 0.271 e. The van der Waals surface area contributed by atoms with Crippen molar-refractivity contribution < 1.29 is 9.59 Å². The van der Waals surface area contributed by atoms with Gasteiger partial charge in [-0.25, -0.2) is 0 Å². The van der Waals surface area contributed by atoms with Gasteiger partial charge >= 0.3 is 0 Å². The van der Waals surface area contributed by atoms with Gasteiger partial charge in [0.15, 0.2) is 0 Å². The van der Waals surface area contributed by atoms with Gasteiger partial charge in [0.25, 0.3) is 11.8 Å². The summed E-state index contributed by atoms with van der Waals surface area (Å²) < 4.78 is 0. The van der Waals surface area contributed by atoms with Gasteiger partial charge in [-0.15, -0.1) is 11.3 Å². The van der Waals surface area contributed by atoms with E-state index < -0.39 is 11.8 Å². The summed E-state index contributed by atoms with van der Waals surface area (Å²) in [6, 6.07) is 10.4. The molecule has 0 saturated heterocycles. The summed E-state index contributed by atoms with van der Waals surface area (Å²) in [4.78, 5) is 24.2. The monoisotopic (exact) mass is 306 g/mol. The highest BCUT2D eigenvalue weighted by atomic mass is 35.5. The van der Waals surface area contributed by atoms with E-state index >= 15 is 0 Å². The Balaban J connectivity index is 1.87. The van der Waals surface area contributed by atoms with Crippen LogP contribution >= 0.6 is 22.9 Å². The Labute approximate surface area is 125 Å². The molecule has 0 spiro atoms. The normalized spacial score (nSPS) is 10.4. The zero-order chi connectivity index (χ0) is 14.4. The van der Waals surface area contributed by atoms with Crippen molar-refractivity contribution in [3.05, 3.63) is 63.3 Å². The molecule has 2 N–H and O–H groups in total. The van der Waals surface area contributed by atoms with Crippen LogP contribution in [0.5, 0.6) is 0 Å². The van der Waals surface area contributed by atoms with Crippen LogP contribution < -0.4 is 10.9 Å². The van der Waals surface area contributed by atoms with E-state index in [0.29, 0.717) is 10.6 Å².